The molecule has 0 unspecified atom stereocenters. The Balaban J connectivity index is 0.00000113. The summed E-state index contributed by atoms with van der Waals surface area (Å²) in [6, 6.07) is 8.46. The van der Waals surface area contributed by atoms with Gasteiger partial charge in [0, 0.05) is 24.0 Å². The lowest BCUT2D eigenvalue weighted by Gasteiger charge is -2.40. The zero-order chi connectivity index (χ0) is 23.4. The molecule has 31 heavy (non-hydrogen) atoms. The molecule has 3 rings (SSSR count). The minimum atomic E-state index is -3.12. The Morgan fingerprint density at radius 3 is 2.42 bits per heavy atom. The van der Waals surface area contributed by atoms with E-state index in [9.17, 15) is 13.2 Å². The Hall–Kier alpha value is -3.19. The van der Waals surface area contributed by atoms with Gasteiger partial charge in [0.05, 0.1) is 24.7 Å². The minimum Gasteiger partial charge on any atom is -0.432 e. The Labute approximate surface area is 182 Å². The van der Waals surface area contributed by atoms with Crippen molar-refractivity contribution in [2.75, 3.05) is 4.90 Å². The fraction of sp³-hybridized carbons (Fsp3) is 0.417. The zero-order valence-electron chi connectivity index (χ0n) is 18.1. The molecule has 1 aliphatic carbocycles. The number of hydrogen-bond acceptors (Lipinski definition) is 4. The number of benzene rings is 1. The second-order valence-electron chi connectivity index (χ2n) is 6.66. The molecule has 7 heteroatoms. The Morgan fingerprint density at radius 1 is 1.26 bits per heavy atom. The van der Waals surface area contributed by atoms with E-state index in [1.54, 1.807) is 6.20 Å². The lowest BCUT2D eigenvalue weighted by Crippen LogP contribution is -2.40. The summed E-state index contributed by atoms with van der Waals surface area (Å²) in [6.07, 6.45) is 12.7. The van der Waals surface area contributed by atoms with E-state index in [1.165, 1.54) is 6.07 Å². The molecule has 0 saturated heterocycles. The number of hydrogen-bond donors (Lipinski definition) is 0. The molecule has 1 aliphatic rings. The second-order valence-corrected chi connectivity index (χ2v) is 6.66. The standard InChI is InChI=1S/C20H20F3N3O.C2H6.C2H2/c1-13-5-6-15(25-11-13)12-26(16-3-2-4-16)18-10-19(27-20(22)23)17(21)9-14(18)7-8-24;2*1-2/h5-6,9-11,16,20H,2-4,7,12H2,1H3;1-2H3;1-2H. The van der Waals surface area contributed by atoms with Gasteiger partial charge in [-0.15, -0.1) is 12.8 Å². The smallest absolute Gasteiger partial charge is 0.387 e. The van der Waals surface area contributed by atoms with Crippen molar-refractivity contribution in [2.24, 2.45) is 0 Å². The normalized spacial score (nSPS) is 12.4. The molecule has 0 bridgehead atoms. The number of anilines is 1. The number of alkyl halides is 2. The van der Waals surface area contributed by atoms with Crippen molar-refractivity contribution in [3.63, 3.8) is 0 Å². The summed E-state index contributed by atoms with van der Waals surface area (Å²) in [4.78, 5) is 6.44. The first-order valence-corrected chi connectivity index (χ1v) is 10.1. The number of pyridine rings is 1. The van der Waals surface area contributed by atoms with E-state index in [4.69, 9.17) is 5.26 Å². The van der Waals surface area contributed by atoms with Gasteiger partial charge in [-0.05, 0) is 49.4 Å². The molecule has 0 radical (unpaired) electrons. The number of ether oxygens (including phenoxy) is 1. The molecule has 0 amide bonds. The van der Waals surface area contributed by atoms with Crippen LogP contribution < -0.4 is 9.64 Å². The van der Waals surface area contributed by atoms with Crippen molar-refractivity contribution >= 4 is 5.69 Å². The fourth-order valence-corrected chi connectivity index (χ4v) is 3.14. The molecule has 2 aromatic rings. The minimum absolute atomic E-state index is 0.0221. The van der Waals surface area contributed by atoms with Crippen LogP contribution in [0.15, 0.2) is 30.5 Å². The van der Waals surface area contributed by atoms with E-state index < -0.39 is 18.2 Å². The third-order valence-corrected chi connectivity index (χ3v) is 4.75. The van der Waals surface area contributed by atoms with Crippen molar-refractivity contribution in [1.82, 2.24) is 4.98 Å². The van der Waals surface area contributed by atoms with Gasteiger partial charge in [0.2, 0.25) is 0 Å². The van der Waals surface area contributed by atoms with Gasteiger partial charge in [0.25, 0.3) is 0 Å². The van der Waals surface area contributed by atoms with Crippen LogP contribution in [-0.4, -0.2) is 17.6 Å². The molecule has 1 aromatic carbocycles. The van der Waals surface area contributed by atoms with Crippen LogP contribution >= 0.6 is 0 Å². The van der Waals surface area contributed by atoms with Gasteiger partial charge < -0.3 is 9.64 Å². The van der Waals surface area contributed by atoms with Gasteiger partial charge in [-0.3, -0.25) is 4.98 Å². The lowest BCUT2D eigenvalue weighted by molar-refractivity contribution is -0.0521. The van der Waals surface area contributed by atoms with Crippen molar-refractivity contribution in [1.29, 1.82) is 5.26 Å². The van der Waals surface area contributed by atoms with Crippen molar-refractivity contribution in [3.05, 3.63) is 53.1 Å². The van der Waals surface area contributed by atoms with Crippen LogP contribution in [-0.2, 0) is 13.0 Å². The number of aryl methyl sites for hydroxylation is 1. The Bertz CT molecular complexity index is 872. The second kappa shape index (κ2) is 13.2. The summed E-state index contributed by atoms with van der Waals surface area (Å²) in [7, 11) is 0. The summed E-state index contributed by atoms with van der Waals surface area (Å²) >= 11 is 0. The molecule has 0 atom stereocenters. The molecule has 1 saturated carbocycles. The SMILES string of the molecule is C#C.CC.Cc1ccc(CN(c2cc(OC(F)F)c(F)cc2CC#N)C2CCC2)nc1. The highest BCUT2D eigenvalue weighted by Gasteiger charge is 2.28. The predicted octanol–water partition coefficient (Wildman–Crippen LogP) is 6.03. The van der Waals surface area contributed by atoms with Gasteiger partial charge >= 0.3 is 6.61 Å². The maximum atomic E-state index is 14.1. The predicted molar refractivity (Wildman–Crippen MR) is 116 cm³/mol. The highest BCUT2D eigenvalue weighted by Crippen LogP contribution is 2.37. The number of halogens is 3. The first-order chi connectivity index (χ1) is 15.0. The molecule has 1 aromatic heterocycles. The molecule has 4 nitrogen and oxygen atoms in total. The largest absolute Gasteiger partial charge is 0.432 e. The number of terminal acetylenes is 1. The van der Waals surface area contributed by atoms with E-state index in [0.717, 1.165) is 36.6 Å². The summed E-state index contributed by atoms with van der Waals surface area (Å²) in [6.45, 7) is 3.27. The van der Waals surface area contributed by atoms with Crippen LogP contribution in [0.25, 0.3) is 0 Å². The highest BCUT2D eigenvalue weighted by atomic mass is 19.3. The Kier molecular flexibility index (Phi) is 11.0. The summed E-state index contributed by atoms with van der Waals surface area (Å²) in [5.74, 6) is -1.41. The average Bonchev–Trinajstić information content (AvgIpc) is 2.73. The molecular formula is C24H28F3N3O. The number of aromatic nitrogens is 1. The first-order valence-electron chi connectivity index (χ1n) is 10.1. The van der Waals surface area contributed by atoms with Crippen molar-refractivity contribution < 1.29 is 17.9 Å². The first kappa shape index (κ1) is 25.8. The van der Waals surface area contributed by atoms with Crippen molar-refractivity contribution in [2.45, 2.75) is 65.7 Å². The van der Waals surface area contributed by atoms with Crippen LogP contribution in [0.2, 0.25) is 0 Å². The van der Waals surface area contributed by atoms with Gasteiger partial charge in [-0.1, -0.05) is 19.9 Å². The molecule has 0 N–H and O–H groups in total. The number of rotatable bonds is 7. The molecule has 1 heterocycles. The fourth-order valence-electron chi connectivity index (χ4n) is 3.14. The summed E-state index contributed by atoms with van der Waals surface area (Å²) in [5, 5.41) is 9.11. The summed E-state index contributed by atoms with van der Waals surface area (Å²) in [5.41, 5.74) is 2.85. The zero-order valence-corrected chi connectivity index (χ0v) is 18.1. The number of nitriles is 1. The monoisotopic (exact) mass is 431 g/mol. The molecule has 0 spiro atoms. The average molecular weight is 432 g/mol. The van der Waals surface area contributed by atoms with Crippen LogP contribution in [0.3, 0.4) is 0 Å². The molecule has 166 valence electrons. The van der Waals surface area contributed by atoms with Crippen LogP contribution in [0.1, 0.15) is 49.9 Å². The maximum absolute atomic E-state index is 14.1. The van der Waals surface area contributed by atoms with Crippen LogP contribution in [0.5, 0.6) is 5.75 Å². The Morgan fingerprint density at radius 2 is 1.94 bits per heavy atom. The topological polar surface area (TPSA) is 49.1 Å². The number of nitrogens with zero attached hydrogens (tertiary/aromatic N) is 3. The van der Waals surface area contributed by atoms with E-state index in [0.29, 0.717) is 17.8 Å². The third-order valence-electron chi connectivity index (χ3n) is 4.75. The third kappa shape index (κ3) is 7.22. The van der Waals surface area contributed by atoms with E-state index in [-0.39, 0.29) is 12.5 Å². The molecular weight excluding hydrogens is 403 g/mol. The summed E-state index contributed by atoms with van der Waals surface area (Å²) < 4.78 is 43.8. The molecule has 1 fully saturated rings. The van der Waals surface area contributed by atoms with Gasteiger partial charge in [0.1, 0.15) is 0 Å². The maximum Gasteiger partial charge on any atom is 0.387 e. The van der Waals surface area contributed by atoms with Crippen LogP contribution in [0.4, 0.5) is 18.9 Å². The lowest BCUT2D eigenvalue weighted by atomic mass is 9.90. The van der Waals surface area contributed by atoms with Gasteiger partial charge in [-0.2, -0.15) is 14.0 Å². The highest BCUT2D eigenvalue weighted by molar-refractivity contribution is 5.59. The van der Waals surface area contributed by atoms with E-state index in [1.807, 2.05) is 43.9 Å². The van der Waals surface area contributed by atoms with E-state index >= 15 is 0 Å². The molecule has 0 aliphatic heterocycles. The van der Waals surface area contributed by atoms with Gasteiger partial charge in [0.15, 0.2) is 11.6 Å². The van der Waals surface area contributed by atoms with Gasteiger partial charge in [-0.25, -0.2) is 4.39 Å². The van der Waals surface area contributed by atoms with E-state index in [2.05, 4.69) is 22.6 Å². The quantitative estimate of drug-likeness (QED) is 0.502. The van der Waals surface area contributed by atoms with Crippen molar-refractivity contribution in [3.8, 4) is 24.7 Å². The van der Waals surface area contributed by atoms with Crippen LogP contribution in [0, 0.1) is 36.9 Å².